The van der Waals surface area contributed by atoms with E-state index < -0.39 is 7.37 Å². The minimum Gasteiger partial charge on any atom is -0.344 e. The Morgan fingerprint density at radius 3 is 1.54 bits per heavy atom. The highest BCUT2D eigenvalue weighted by Gasteiger charge is 2.18. The quantitative estimate of drug-likeness (QED) is 0.677. The van der Waals surface area contributed by atoms with Crippen LogP contribution in [-0.4, -0.2) is 17.2 Å². The summed E-state index contributed by atoms with van der Waals surface area (Å²) < 4.78 is 11.6. The minimum atomic E-state index is -2.80. The summed E-state index contributed by atoms with van der Waals surface area (Å²) in [6, 6.07) is 0. The molecule has 0 saturated carbocycles. The molecule has 0 aromatic heterocycles. The molecule has 13 heavy (non-hydrogen) atoms. The van der Waals surface area contributed by atoms with E-state index in [1.807, 2.05) is 0 Å². The van der Waals surface area contributed by atoms with Crippen molar-refractivity contribution in [2.45, 2.75) is 40.5 Å². The van der Waals surface area contributed by atoms with Gasteiger partial charge in [0.15, 0.2) is 0 Å². The first-order chi connectivity index (χ1) is 5.83. The van der Waals surface area contributed by atoms with Crippen molar-refractivity contribution in [1.29, 1.82) is 0 Å². The fraction of sp³-hybridized carbons (Fsp3) is 1.00. The lowest BCUT2D eigenvalue weighted by molar-refractivity contribution is 0.461. The average molecular weight is 206 g/mol. The maximum Gasteiger partial charge on any atom is 0.200 e. The van der Waals surface area contributed by atoms with Gasteiger partial charge in [0.2, 0.25) is 7.37 Å². The predicted octanol–water partition coefficient (Wildman–Crippen LogP) is 3.35. The van der Waals surface area contributed by atoms with Crippen molar-refractivity contribution in [3.63, 3.8) is 0 Å². The molecule has 3 heteroatoms. The van der Waals surface area contributed by atoms with Gasteiger partial charge in [0.25, 0.3) is 0 Å². The average Bonchev–Trinajstić information content (AvgIpc) is 1.98. The lowest BCUT2D eigenvalue weighted by atomic mass is 10.2. The summed E-state index contributed by atoms with van der Waals surface area (Å²) in [5, 5.41) is 0. The topological polar surface area (TPSA) is 37.3 Å². The number of hydrogen-bond donors (Lipinski definition) is 1. The van der Waals surface area contributed by atoms with Gasteiger partial charge in [-0.3, -0.25) is 4.57 Å². The molecule has 0 aliphatic heterocycles. The van der Waals surface area contributed by atoms with Gasteiger partial charge in [-0.1, -0.05) is 27.7 Å². The Morgan fingerprint density at radius 1 is 1.00 bits per heavy atom. The monoisotopic (exact) mass is 206 g/mol. The maximum absolute atomic E-state index is 11.6. The van der Waals surface area contributed by atoms with E-state index in [0.717, 1.165) is 12.8 Å². The highest BCUT2D eigenvalue weighted by molar-refractivity contribution is 7.57. The molecule has 2 nitrogen and oxygen atoms in total. The maximum atomic E-state index is 11.6. The van der Waals surface area contributed by atoms with Crippen LogP contribution >= 0.6 is 7.37 Å². The summed E-state index contributed by atoms with van der Waals surface area (Å²) in [5.41, 5.74) is 0. The van der Waals surface area contributed by atoms with Crippen LogP contribution in [0.2, 0.25) is 0 Å². The lowest BCUT2D eigenvalue weighted by Gasteiger charge is -2.13. The second-order valence-corrected chi connectivity index (χ2v) is 7.25. The molecule has 0 bridgehead atoms. The van der Waals surface area contributed by atoms with Gasteiger partial charge in [-0.25, -0.2) is 0 Å². The minimum absolute atomic E-state index is 0.497. The van der Waals surface area contributed by atoms with Crippen LogP contribution in [0.3, 0.4) is 0 Å². The van der Waals surface area contributed by atoms with Crippen LogP contribution in [0.5, 0.6) is 0 Å². The molecule has 0 unspecified atom stereocenters. The van der Waals surface area contributed by atoms with Crippen molar-refractivity contribution in [1.82, 2.24) is 0 Å². The Labute approximate surface area is 82.2 Å². The zero-order valence-corrected chi connectivity index (χ0v) is 10.2. The molecule has 1 N–H and O–H groups in total. The molecule has 0 atom stereocenters. The lowest BCUT2D eigenvalue weighted by Crippen LogP contribution is -2.01. The first-order valence-corrected chi connectivity index (χ1v) is 7.17. The second-order valence-electron chi connectivity index (χ2n) is 4.66. The molecule has 0 rings (SSSR count). The first kappa shape index (κ1) is 13.2. The molecule has 0 amide bonds. The molecule has 0 fully saturated rings. The van der Waals surface area contributed by atoms with Crippen LogP contribution in [0.1, 0.15) is 40.5 Å². The zero-order chi connectivity index (χ0) is 10.5. The molecule has 80 valence electrons. The highest BCUT2D eigenvalue weighted by atomic mass is 31.2. The van der Waals surface area contributed by atoms with Gasteiger partial charge >= 0.3 is 0 Å². The Bertz CT molecular complexity index is 160. The fourth-order valence-corrected chi connectivity index (χ4v) is 3.09. The summed E-state index contributed by atoms with van der Waals surface area (Å²) in [4.78, 5) is 9.57. The van der Waals surface area contributed by atoms with E-state index in [9.17, 15) is 9.46 Å². The summed E-state index contributed by atoms with van der Waals surface area (Å²) in [6.45, 7) is 8.34. The molecule has 0 aliphatic rings. The smallest absolute Gasteiger partial charge is 0.200 e. The predicted molar refractivity (Wildman–Crippen MR) is 58.5 cm³/mol. The van der Waals surface area contributed by atoms with Crippen LogP contribution in [0.4, 0.5) is 0 Å². The molecule has 0 aromatic rings. The summed E-state index contributed by atoms with van der Waals surface area (Å²) in [6.07, 6.45) is 2.73. The fourth-order valence-electron chi connectivity index (χ4n) is 1.03. The van der Waals surface area contributed by atoms with Crippen LogP contribution in [-0.2, 0) is 4.57 Å². The van der Waals surface area contributed by atoms with Crippen LogP contribution < -0.4 is 0 Å². The molecule has 0 aliphatic carbocycles. The van der Waals surface area contributed by atoms with Crippen molar-refractivity contribution in [3.05, 3.63) is 0 Å². The van der Waals surface area contributed by atoms with Crippen molar-refractivity contribution in [2.75, 3.05) is 12.3 Å². The van der Waals surface area contributed by atoms with Crippen LogP contribution in [0, 0.1) is 11.8 Å². The van der Waals surface area contributed by atoms with Gasteiger partial charge in [0.1, 0.15) is 0 Å². The van der Waals surface area contributed by atoms with Gasteiger partial charge in [-0.2, -0.15) is 0 Å². The SMILES string of the molecule is CC(C)CCP(=O)(O)CCC(C)C. The zero-order valence-electron chi connectivity index (χ0n) is 9.29. The third kappa shape index (κ3) is 8.52. The van der Waals surface area contributed by atoms with Gasteiger partial charge < -0.3 is 4.89 Å². The normalized spacial score (nSPS) is 12.8. The summed E-state index contributed by atoms with van der Waals surface area (Å²) >= 11 is 0. The molecule has 0 aromatic carbocycles. The summed E-state index contributed by atoms with van der Waals surface area (Å²) in [5.74, 6) is 1.05. The van der Waals surface area contributed by atoms with Gasteiger partial charge in [-0.15, -0.1) is 0 Å². The van der Waals surface area contributed by atoms with E-state index in [1.165, 1.54) is 0 Å². The Hall–Kier alpha value is 0.190. The van der Waals surface area contributed by atoms with Crippen molar-refractivity contribution < 1.29 is 9.46 Å². The van der Waals surface area contributed by atoms with Crippen molar-refractivity contribution >= 4 is 7.37 Å². The van der Waals surface area contributed by atoms with Gasteiger partial charge in [-0.05, 0) is 24.7 Å². The van der Waals surface area contributed by atoms with E-state index >= 15 is 0 Å². The Kier molecular flexibility index (Phi) is 5.91. The standard InChI is InChI=1S/C10H23O2P/c1-9(2)5-7-13(11,12)8-6-10(3)4/h9-10H,5-8H2,1-4H3,(H,11,12). The Balaban J connectivity index is 3.74. The largest absolute Gasteiger partial charge is 0.344 e. The third-order valence-corrected chi connectivity index (χ3v) is 4.03. The highest BCUT2D eigenvalue weighted by Crippen LogP contribution is 2.43. The van der Waals surface area contributed by atoms with E-state index in [1.54, 1.807) is 0 Å². The van der Waals surface area contributed by atoms with E-state index in [4.69, 9.17) is 0 Å². The third-order valence-electron chi connectivity index (χ3n) is 2.11. The van der Waals surface area contributed by atoms with E-state index in [-0.39, 0.29) is 0 Å². The number of hydrogen-bond acceptors (Lipinski definition) is 1. The van der Waals surface area contributed by atoms with E-state index in [2.05, 4.69) is 27.7 Å². The van der Waals surface area contributed by atoms with Crippen molar-refractivity contribution in [2.24, 2.45) is 11.8 Å². The molecular weight excluding hydrogens is 183 g/mol. The molecule has 0 saturated heterocycles. The molecule has 0 radical (unpaired) electrons. The molecule has 0 heterocycles. The number of rotatable bonds is 6. The van der Waals surface area contributed by atoms with Gasteiger partial charge in [0.05, 0.1) is 0 Å². The van der Waals surface area contributed by atoms with Crippen LogP contribution in [0.25, 0.3) is 0 Å². The van der Waals surface area contributed by atoms with Crippen molar-refractivity contribution in [3.8, 4) is 0 Å². The van der Waals surface area contributed by atoms with Crippen LogP contribution in [0.15, 0.2) is 0 Å². The molecule has 0 spiro atoms. The van der Waals surface area contributed by atoms with Gasteiger partial charge in [0, 0.05) is 12.3 Å². The first-order valence-electron chi connectivity index (χ1n) is 5.14. The Morgan fingerprint density at radius 2 is 1.31 bits per heavy atom. The molecular formula is C10H23O2P. The van der Waals surface area contributed by atoms with E-state index in [0.29, 0.717) is 24.2 Å². The summed E-state index contributed by atoms with van der Waals surface area (Å²) in [7, 11) is -2.80. The second kappa shape index (κ2) is 5.82.